The summed E-state index contributed by atoms with van der Waals surface area (Å²) in [5, 5.41) is 11.6. The van der Waals surface area contributed by atoms with E-state index in [4.69, 9.17) is 4.74 Å². The zero-order chi connectivity index (χ0) is 19.7. The van der Waals surface area contributed by atoms with Crippen molar-refractivity contribution in [1.29, 1.82) is 0 Å². The molecule has 0 aliphatic carbocycles. The van der Waals surface area contributed by atoms with Crippen molar-refractivity contribution >= 4 is 26.9 Å². The van der Waals surface area contributed by atoms with Crippen LogP contribution in [0.25, 0.3) is 17.0 Å². The van der Waals surface area contributed by atoms with Crippen LogP contribution in [0.2, 0.25) is 0 Å². The highest BCUT2D eigenvalue weighted by molar-refractivity contribution is 7.92. The molecule has 0 radical (unpaired) electrons. The molecular formula is C16H16N8O3S. The van der Waals surface area contributed by atoms with Crippen molar-refractivity contribution in [3.8, 4) is 12.0 Å². The molecule has 0 amide bonds. The number of tetrazole rings is 1. The molecule has 144 valence electrons. The van der Waals surface area contributed by atoms with Crippen LogP contribution in [0.1, 0.15) is 5.69 Å². The van der Waals surface area contributed by atoms with Gasteiger partial charge in [0.05, 0.1) is 23.0 Å². The lowest BCUT2D eigenvalue weighted by molar-refractivity contribution is 0.272. The molecule has 11 nitrogen and oxygen atoms in total. The third kappa shape index (κ3) is 3.62. The predicted molar refractivity (Wildman–Crippen MR) is 100 cm³/mol. The number of hydrogen-bond donors (Lipinski definition) is 1. The Hall–Kier alpha value is -3.54. The number of hydrogen-bond acceptors (Lipinski definition) is 8. The minimum absolute atomic E-state index is 0.0773. The van der Waals surface area contributed by atoms with Gasteiger partial charge < -0.3 is 4.74 Å². The van der Waals surface area contributed by atoms with E-state index in [-0.39, 0.29) is 12.4 Å². The van der Waals surface area contributed by atoms with E-state index >= 15 is 0 Å². The maximum atomic E-state index is 11.4. The van der Waals surface area contributed by atoms with Crippen LogP contribution in [0.4, 0.5) is 5.82 Å². The first-order valence-corrected chi connectivity index (χ1v) is 10.1. The Morgan fingerprint density at radius 3 is 2.68 bits per heavy atom. The van der Waals surface area contributed by atoms with Crippen molar-refractivity contribution in [3.05, 3.63) is 48.2 Å². The summed E-state index contributed by atoms with van der Waals surface area (Å²) in [4.78, 5) is 8.74. The Morgan fingerprint density at radius 2 is 1.93 bits per heavy atom. The van der Waals surface area contributed by atoms with Gasteiger partial charge in [0.25, 0.3) is 5.95 Å². The molecule has 0 atom stereocenters. The highest BCUT2D eigenvalue weighted by atomic mass is 32.2. The van der Waals surface area contributed by atoms with E-state index in [0.717, 1.165) is 17.3 Å². The summed E-state index contributed by atoms with van der Waals surface area (Å²) in [7, 11) is -1.70. The number of anilines is 1. The molecule has 12 heteroatoms. The number of aromatic nitrogens is 7. The van der Waals surface area contributed by atoms with Crippen molar-refractivity contribution in [1.82, 2.24) is 34.7 Å². The maximum Gasteiger partial charge on any atom is 0.305 e. The first kappa shape index (κ1) is 17.9. The Labute approximate surface area is 160 Å². The van der Waals surface area contributed by atoms with Crippen molar-refractivity contribution in [2.24, 2.45) is 7.05 Å². The van der Waals surface area contributed by atoms with Crippen molar-refractivity contribution in [2.45, 2.75) is 6.61 Å². The van der Waals surface area contributed by atoms with Crippen LogP contribution in [0.15, 0.2) is 42.5 Å². The molecule has 1 aromatic carbocycles. The fourth-order valence-electron chi connectivity index (χ4n) is 2.65. The Morgan fingerprint density at radius 1 is 1.11 bits per heavy atom. The first-order chi connectivity index (χ1) is 13.4. The van der Waals surface area contributed by atoms with E-state index in [0.29, 0.717) is 17.7 Å². The molecule has 0 bridgehead atoms. The second kappa shape index (κ2) is 6.88. The van der Waals surface area contributed by atoms with E-state index in [1.807, 2.05) is 24.3 Å². The van der Waals surface area contributed by atoms with Crippen LogP contribution >= 0.6 is 0 Å². The number of para-hydroxylation sites is 2. The van der Waals surface area contributed by atoms with Gasteiger partial charge in [0.1, 0.15) is 12.4 Å². The second-order valence-electron chi connectivity index (χ2n) is 6.00. The minimum Gasteiger partial charge on any atom is -0.458 e. The summed E-state index contributed by atoms with van der Waals surface area (Å²) in [5.41, 5.74) is 2.04. The number of sulfonamides is 1. The normalized spacial score (nSPS) is 11.6. The summed E-state index contributed by atoms with van der Waals surface area (Å²) in [5.74, 6) is 0.666. The molecular weight excluding hydrogens is 384 g/mol. The summed E-state index contributed by atoms with van der Waals surface area (Å²) in [6.07, 6.45) is 1.06. The second-order valence-corrected chi connectivity index (χ2v) is 7.75. The molecule has 3 aromatic heterocycles. The molecule has 0 aliphatic heterocycles. The lowest BCUT2D eigenvalue weighted by Gasteiger charge is -2.09. The van der Waals surface area contributed by atoms with E-state index in [1.165, 1.54) is 4.68 Å². The molecule has 0 saturated carbocycles. The molecule has 0 fully saturated rings. The largest absolute Gasteiger partial charge is 0.458 e. The number of fused-ring (bicyclic) bond motifs is 1. The maximum absolute atomic E-state index is 11.4. The highest BCUT2D eigenvalue weighted by Crippen LogP contribution is 2.25. The standard InChI is InChI=1S/C16H16N8O3S/c1-23-15(19-21-22-23)24-13-8-4-3-7-12(13)18-16(24)27-10-11-6-5-9-14(17-11)20-28(2,25)26/h3-9H,10H2,1-2H3,(H,17,20). The van der Waals surface area contributed by atoms with Crippen molar-refractivity contribution < 1.29 is 13.2 Å². The van der Waals surface area contributed by atoms with E-state index in [2.05, 4.69) is 30.2 Å². The average molecular weight is 400 g/mol. The van der Waals surface area contributed by atoms with Gasteiger partial charge in [-0.05, 0) is 34.7 Å². The van der Waals surface area contributed by atoms with Crippen LogP contribution in [0.5, 0.6) is 6.01 Å². The Bertz CT molecular complexity index is 1250. The Kier molecular flexibility index (Phi) is 4.39. The van der Waals surface area contributed by atoms with Gasteiger partial charge in [0.15, 0.2) is 0 Å². The van der Waals surface area contributed by atoms with Gasteiger partial charge >= 0.3 is 6.01 Å². The summed E-state index contributed by atoms with van der Waals surface area (Å²) < 4.78 is 34.2. The first-order valence-electron chi connectivity index (χ1n) is 8.17. The quantitative estimate of drug-likeness (QED) is 0.505. The van der Waals surface area contributed by atoms with Gasteiger partial charge in [0, 0.05) is 7.05 Å². The summed E-state index contributed by atoms with van der Waals surface area (Å²) in [6, 6.07) is 12.8. The van der Waals surface area contributed by atoms with Crippen LogP contribution in [0.3, 0.4) is 0 Å². The molecule has 3 heterocycles. The molecule has 0 spiro atoms. The van der Waals surface area contributed by atoms with Crippen molar-refractivity contribution in [2.75, 3.05) is 11.0 Å². The molecule has 4 aromatic rings. The predicted octanol–water partition coefficient (Wildman–Crippen LogP) is 0.894. The summed E-state index contributed by atoms with van der Waals surface area (Å²) >= 11 is 0. The summed E-state index contributed by atoms with van der Waals surface area (Å²) in [6.45, 7) is 0.0773. The zero-order valence-corrected chi connectivity index (χ0v) is 15.8. The SMILES string of the molecule is Cn1nnnc1-n1c(OCc2cccc(NS(C)(=O)=O)n2)nc2ccccc21. The van der Waals surface area contributed by atoms with E-state index < -0.39 is 10.0 Å². The Balaban J connectivity index is 1.66. The van der Waals surface area contributed by atoms with E-state index in [9.17, 15) is 8.42 Å². The molecule has 1 N–H and O–H groups in total. The topological polar surface area (TPSA) is 130 Å². The molecule has 0 aliphatic rings. The molecule has 0 saturated heterocycles. The highest BCUT2D eigenvalue weighted by Gasteiger charge is 2.18. The number of nitrogens with zero attached hydrogens (tertiary/aromatic N) is 7. The minimum atomic E-state index is -3.41. The number of ether oxygens (including phenoxy) is 1. The van der Waals surface area contributed by atoms with Crippen LogP contribution in [-0.4, -0.2) is 49.4 Å². The number of benzene rings is 1. The fraction of sp³-hybridized carbons (Fsp3) is 0.188. The molecule has 0 unspecified atom stereocenters. The number of rotatable bonds is 6. The number of pyridine rings is 1. The van der Waals surface area contributed by atoms with Gasteiger partial charge in [-0.25, -0.2) is 22.7 Å². The average Bonchev–Trinajstić information content (AvgIpc) is 3.21. The smallest absolute Gasteiger partial charge is 0.305 e. The lowest BCUT2D eigenvalue weighted by Crippen LogP contribution is -2.12. The van der Waals surface area contributed by atoms with Crippen molar-refractivity contribution in [3.63, 3.8) is 0 Å². The van der Waals surface area contributed by atoms with Gasteiger partial charge in [-0.3, -0.25) is 4.72 Å². The monoisotopic (exact) mass is 400 g/mol. The van der Waals surface area contributed by atoms with Crippen LogP contribution in [-0.2, 0) is 23.7 Å². The number of imidazole rings is 1. The van der Waals surface area contributed by atoms with Crippen LogP contribution < -0.4 is 9.46 Å². The zero-order valence-electron chi connectivity index (χ0n) is 15.0. The fourth-order valence-corrected chi connectivity index (χ4v) is 3.15. The van der Waals surface area contributed by atoms with E-state index in [1.54, 1.807) is 29.8 Å². The molecule has 4 rings (SSSR count). The number of aryl methyl sites for hydroxylation is 1. The third-order valence-electron chi connectivity index (χ3n) is 3.77. The number of nitrogens with one attached hydrogen (secondary N) is 1. The van der Waals surface area contributed by atoms with Gasteiger partial charge in [-0.15, -0.1) is 0 Å². The molecule has 28 heavy (non-hydrogen) atoms. The van der Waals surface area contributed by atoms with Gasteiger partial charge in [-0.1, -0.05) is 23.3 Å². The van der Waals surface area contributed by atoms with Gasteiger partial charge in [0.2, 0.25) is 10.0 Å². The van der Waals surface area contributed by atoms with Gasteiger partial charge in [-0.2, -0.15) is 4.98 Å². The third-order valence-corrected chi connectivity index (χ3v) is 4.35. The lowest BCUT2D eigenvalue weighted by atomic mass is 10.3. The van der Waals surface area contributed by atoms with Crippen LogP contribution in [0, 0.1) is 0 Å².